The molecule has 1 atom stereocenters. The number of thiocarbonyl (C=S) groups is 1. The van der Waals surface area contributed by atoms with Crippen molar-refractivity contribution in [1.29, 1.82) is 5.26 Å². The number of pyridine rings is 1. The standard InChI is InChI=1S/C28H32N4O2S2/c1-4-5-16-31-25(30-14-10-7-11-15-30)22(19(2)23(18-29)26(31)33)17-24-27(34)32(28(35)36-24)20(3)21-12-8-6-9-13-21/h6,8-9,12-13,17,20H,4-5,7,10-11,14-16H2,1-3H3. The molecule has 0 N–H and O–H groups in total. The van der Waals surface area contributed by atoms with Crippen molar-refractivity contribution in [2.45, 2.75) is 65.5 Å². The molecular weight excluding hydrogens is 488 g/mol. The van der Waals surface area contributed by atoms with Gasteiger partial charge in [0.15, 0.2) is 0 Å². The van der Waals surface area contributed by atoms with Gasteiger partial charge in [0.2, 0.25) is 0 Å². The molecule has 0 spiro atoms. The Labute approximate surface area is 222 Å². The van der Waals surface area contributed by atoms with Crippen molar-refractivity contribution in [3.05, 3.63) is 67.8 Å². The molecule has 1 unspecified atom stereocenters. The zero-order chi connectivity index (χ0) is 25.8. The summed E-state index contributed by atoms with van der Waals surface area (Å²) in [6.07, 6.45) is 6.90. The topological polar surface area (TPSA) is 69.3 Å². The number of amides is 1. The van der Waals surface area contributed by atoms with Gasteiger partial charge in [-0.1, -0.05) is 67.7 Å². The summed E-state index contributed by atoms with van der Waals surface area (Å²) in [6.45, 7) is 8.13. The molecule has 0 bridgehead atoms. The fraction of sp³-hybridized carbons (Fsp3) is 0.429. The molecule has 2 aliphatic rings. The summed E-state index contributed by atoms with van der Waals surface area (Å²) in [4.78, 5) is 31.4. The molecular formula is C28H32N4O2S2. The second-order valence-electron chi connectivity index (χ2n) is 9.35. The summed E-state index contributed by atoms with van der Waals surface area (Å²) in [6, 6.07) is 11.8. The maximum absolute atomic E-state index is 13.6. The van der Waals surface area contributed by atoms with Crippen LogP contribution < -0.4 is 10.5 Å². The molecule has 0 aliphatic carbocycles. The second-order valence-corrected chi connectivity index (χ2v) is 11.0. The Hall–Kier alpha value is -2.89. The largest absolute Gasteiger partial charge is 0.357 e. The third-order valence-corrected chi connectivity index (χ3v) is 8.34. The van der Waals surface area contributed by atoms with Gasteiger partial charge in [0.25, 0.3) is 11.5 Å². The lowest BCUT2D eigenvalue weighted by Gasteiger charge is -2.33. The molecule has 2 fully saturated rings. The van der Waals surface area contributed by atoms with Crippen molar-refractivity contribution >= 4 is 46.1 Å². The van der Waals surface area contributed by atoms with E-state index in [4.69, 9.17) is 12.2 Å². The zero-order valence-corrected chi connectivity index (χ0v) is 22.8. The second kappa shape index (κ2) is 11.4. The average molecular weight is 521 g/mol. The Kier molecular flexibility index (Phi) is 8.32. The van der Waals surface area contributed by atoms with Crippen molar-refractivity contribution in [2.75, 3.05) is 18.0 Å². The molecule has 188 valence electrons. The summed E-state index contributed by atoms with van der Waals surface area (Å²) in [5.41, 5.74) is 2.31. The van der Waals surface area contributed by atoms with E-state index in [0.29, 0.717) is 21.3 Å². The van der Waals surface area contributed by atoms with Gasteiger partial charge in [-0.15, -0.1) is 0 Å². The predicted molar refractivity (Wildman–Crippen MR) is 151 cm³/mol. The monoisotopic (exact) mass is 520 g/mol. The Bertz CT molecular complexity index is 1290. The van der Waals surface area contributed by atoms with Crippen molar-refractivity contribution < 1.29 is 4.79 Å². The van der Waals surface area contributed by atoms with Crippen LogP contribution in [-0.2, 0) is 11.3 Å². The van der Waals surface area contributed by atoms with E-state index >= 15 is 0 Å². The number of benzene rings is 1. The minimum absolute atomic E-state index is 0.143. The van der Waals surface area contributed by atoms with E-state index in [1.54, 1.807) is 9.47 Å². The zero-order valence-electron chi connectivity index (χ0n) is 21.1. The highest BCUT2D eigenvalue weighted by atomic mass is 32.2. The SMILES string of the molecule is CCCCn1c(N2CCCCC2)c(C=C2SC(=S)N(C(C)c3ccccc3)C2=O)c(C)c(C#N)c1=O. The van der Waals surface area contributed by atoms with Crippen LogP contribution >= 0.6 is 24.0 Å². The molecule has 6 nitrogen and oxygen atoms in total. The number of piperidine rings is 1. The van der Waals surface area contributed by atoms with Crippen LogP contribution in [0.4, 0.5) is 5.82 Å². The normalized spacial score (nSPS) is 18.1. The minimum Gasteiger partial charge on any atom is -0.357 e. The first kappa shape index (κ1) is 26.2. The summed E-state index contributed by atoms with van der Waals surface area (Å²) in [5, 5.41) is 9.87. The molecule has 4 rings (SSSR count). The van der Waals surface area contributed by atoms with Gasteiger partial charge in [-0.05, 0) is 56.7 Å². The lowest BCUT2D eigenvalue weighted by Crippen LogP contribution is -2.37. The number of nitriles is 1. The number of anilines is 1. The number of carbonyl (C=O) groups excluding carboxylic acids is 1. The molecule has 2 saturated heterocycles. The number of carbonyl (C=O) groups is 1. The van der Waals surface area contributed by atoms with E-state index in [1.807, 2.05) is 50.3 Å². The third-order valence-electron chi connectivity index (χ3n) is 7.01. The molecule has 0 radical (unpaired) electrons. The number of unbranched alkanes of at least 4 members (excludes halogenated alkanes) is 1. The van der Waals surface area contributed by atoms with E-state index in [1.165, 1.54) is 11.8 Å². The minimum atomic E-state index is -0.244. The molecule has 8 heteroatoms. The van der Waals surface area contributed by atoms with Crippen LogP contribution in [0.15, 0.2) is 40.0 Å². The maximum atomic E-state index is 13.6. The number of rotatable bonds is 7. The summed E-state index contributed by atoms with van der Waals surface area (Å²) < 4.78 is 2.28. The average Bonchev–Trinajstić information content (AvgIpc) is 3.18. The molecule has 1 aromatic heterocycles. The number of thioether (sulfide) groups is 1. The number of nitrogens with zero attached hydrogens (tertiary/aromatic N) is 4. The van der Waals surface area contributed by atoms with Gasteiger partial charge in [-0.25, -0.2) is 0 Å². The van der Waals surface area contributed by atoms with Crippen LogP contribution in [0.25, 0.3) is 6.08 Å². The van der Waals surface area contributed by atoms with Crippen LogP contribution in [0, 0.1) is 18.3 Å². The molecule has 0 saturated carbocycles. The molecule has 1 amide bonds. The smallest absolute Gasteiger partial charge is 0.270 e. The van der Waals surface area contributed by atoms with Gasteiger partial charge >= 0.3 is 0 Å². The van der Waals surface area contributed by atoms with E-state index in [-0.39, 0.29) is 23.1 Å². The van der Waals surface area contributed by atoms with Gasteiger partial charge < -0.3 is 4.90 Å². The Balaban J connectivity index is 1.84. The fourth-order valence-electron chi connectivity index (χ4n) is 4.94. The van der Waals surface area contributed by atoms with Gasteiger partial charge in [-0.2, -0.15) is 5.26 Å². The van der Waals surface area contributed by atoms with Gasteiger partial charge in [0.05, 0.1) is 10.9 Å². The van der Waals surface area contributed by atoms with Crippen LogP contribution in [0.3, 0.4) is 0 Å². The number of aromatic nitrogens is 1. The number of hydrogen-bond donors (Lipinski definition) is 0. The highest BCUT2D eigenvalue weighted by molar-refractivity contribution is 8.26. The molecule has 2 aliphatic heterocycles. The molecule has 36 heavy (non-hydrogen) atoms. The summed E-state index contributed by atoms with van der Waals surface area (Å²) in [5.74, 6) is 0.682. The highest BCUT2D eigenvalue weighted by Crippen LogP contribution is 2.40. The first-order chi connectivity index (χ1) is 17.4. The van der Waals surface area contributed by atoms with Gasteiger partial charge in [-0.3, -0.25) is 19.1 Å². The van der Waals surface area contributed by atoms with E-state index < -0.39 is 0 Å². The quantitative estimate of drug-likeness (QED) is 0.340. The maximum Gasteiger partial charge on any atom is 0.270 e. The molecule has 3 heterocycles. The Morgan fingerprint density at radius 3 is 2.50 bits per heavy atom. The van der Waals surface area contributed by atoms with Crippen molar-refractivity contribution in [1.82, 2.24) is 9.47 Å². The van der Waals surface area contributed by atoms with Crippen molar-refractivity contribution in [2.24, 2.45) is 0 Å². The van der Waals surface area contributed by atoms with Crippen LogP contribution in [0.1, 0.15) is 74.2 Å². The Morgan fingerprint density at radius 2 is 1.86 bits per heavy atom. The summed E-state index contributed by atoms with van der Waals surface area (Å²) in [7, 11) is 0. The van der Waals surface area contributed by atoms with Gasteiger partial charge in [0.1, 0.15) is 21.8 Å². The predicted octanol–water partition coefficient (Wildman–Crippen LogP) is 5.78. The Morgan fingerprint density at radius 1 is 1.17 bits per heavy atom. The highest BCUT2D eigenvalue weighted by Gasteiger charge is 2.36. The first-order valence-electron chi connectivity index (χ1n) is 12.6. The van der Waals surface area contributed by atoms with E-state index in [2.05, 4.69) is 17.9 Å². The lowest BCUT2D eigenvalue weighted by molar-refractivity contribution is -0.123. The molecule has 1 aromatic carbocycles. The first-order valence-corrected chi connectivity index (χ1v) is 13.9. The van der Waals surface area contributed by atoms with Crippen molar-refractivity contribution in [3.8, 4) is 6.07 Å². The van der Waals surface area contributed by atoms with E-state index in [0.717, 1.165) is 62.1 Å². The lowest BCUT2D eigenvalue weighted by atomic mass is 10.0. The van der Waals surface area contributed by atoms with Crippen LogP contribution in [-0.4, -0.2) is 32.8 Å². The van der Waals surface area contributed by atoms with Gasteiger partial charge in [0, 0.05) is 25.2 Å². The van der Waals surface area contributed by atoms with Crippen LogP contribution in [0.2, 0.25) is 0 Å². The molecule has 2 aromatic rings. The number of hydrogen-bond acceptors (Lipinski definition) is 6. The fourth-order valence-corrected chi connectivity index (χ4v) is 6.34. The van der Waals surface area contributed by atoms with E-state index in [9.17, 15) is 14.9 Å². The third kappa shape index (κ3) is 5.00. The van der Waals surface area contributed by atoms with Crippen molar-refractivity contribution in [3.63, 3.8) is 0 Å². The van der Waals surface area contributed by atoms with Crippen LogP contribution in [0.5, 0.6) is 0 Å². The summed E-state index contributed by atoms with van der Waals surface area (Å²) >= 11 is 6.92.